The summed E-state index contributed by atoms with van der Waals surface area (Å²) in [6.07, 6.45) is 6.85. The molecule has 1 saturated heterocycles. The first kappa shape index (κ1) is 14.8. The Bertz CT molecular complexity index is 600. The molecule has 1 aromatic rings. The number of benzene rings is 1. The maximum atomic E-state index is 12.8. The highest BCUT2D eigenvalue weighted by atomic mass is 16.6. The van der Waals surface area contributed by atoms with Crippen LogP contribution in [0.4, 0.5) is 11.4 Å². The number of nitrogens with two attached hydrogens (primary N) is 1. The van der Waals surface area contributed by atoms with E-state index < -0.39 is 4.92 Å². The van der Waals surface area contributed by atoms with Gasteiger partial charge in [-0.15, -0.1) is 0 Å². The Morgan fingerprint density at radius 2 is 1.95 bits per heavy atom. The van der Waals surface area contributed by atoms with Gasteiger partial charge in [-0.2, -0.15) is 0 Å². The Morgan fingerprint density at radius 1 is 1.23 bits per heavy atom. The molecule has 1 aliphatic heterocycles. The molecule has 2 N–H and O–H groups in total. The Kier molecular flexibility index (Phi) is 4.00. The Morgan fingerprint density at radius 3 is 2.73 bits per heavy atom. The normalized spacial score (nSPS) is 24.6. The fourth-order valence-electron chi connectivity index (χ4n) is 3.88. The minimum Gasteiger partial charge on any atom is -0.393 e. The summed E-state index contributed by atoms with van der Waals surface area (Å²) in [6, 6.07) is 4.65. The first-order chi connectivity index (χ1) is 10.6. The zero-order valence-electron chi connectivity index (χ0n) is 12.5. The Balaban J connectivity index is 1.86. The second-order valence-corrected chi connectivity index (χ2v) is 6.28. The minimum atomic E-state index is -0.536. The van der Waals surface area contributed by atoms with Gasteiger partial charge >= 0.3 is 0 Å². The van der Waals surface area contributed by atoms with Gasteiger partial charge in [-0.1, -0.05) is 12.8 Å². The molecule has 118 valence electrons. The van der Waals surface area contributed by atoms with Crippen molar-refractivity contribution in [1.82, 2.24) is 4.90 Å². The molecule has 1 saturated carbocycles. The molecule has 0 radical (unpaired) electrons. The summed E-state index contributed by atoms with van der Waals surface area (Å²) in [4.78, 5) is 25.2. The summed E-state index contributed by atoms with van der Waals surface area (Å²) in [7, 11) is 0. The third-order valence-electron chi connectivity index (χ3n) is 4.98. The third kappa shape index (κ3) is 2.65. The number of piperidine rings is 1. The maximum Gasteiger partial charge on any atom is 0.292 e. The molecule has 2 atom stereocenters. The van der Waals surface area contributed by atoms with Crippen molar-refractivity contribution in [3.8, 4) is 0 Å². The van der Waals surface area contributed by atoms with Crippen LogP contribution in [0.5, 0.6) is 0 Å². The Hall–Kier alpha value is -2.11. The highest BCUT2D eigenvalue weighted by Gasteiger charge is 2.36. The van der Waals surface area contributed by atoms with Crippen molar-refractivity contribution in [3.05, 3.63) is 33.9 Å². The van der Waals surface area contributed by atoms with Crippen LogP contribution in [0, 0.1) is 16.0 Å². The van der Waals surface area contributed by atoms with Gasteiger partial charge in [0, 0.05) is 24.2 Å². The zero-order valence-corrected chi connectivity index (χ0v) is 12.5. The first-order valence-corrected chi connectivity index (χ1v) is 7.93. The van der Waals surface area contributed by atoms with Gasteiger partial charge in [-0.3, -0.25) is 14.9 Å². The van der Waals surface area contributed by atoms with Crippen LogP contribution in [0.25, 0.3) is 0 Å². The SMILES string of the molecule is Nc1ccc(C(=O)N2CCC[C@@H]3CCCC[C@H]32)cc1[N+](=O)[O-]. The molecular formula is C16H21N3O3. The van der Waals surface area contributed by atoms with Crippen LogP contribution in [-0.4, -0.2) is 28.3 Å². The lowest BCUT2D eigenvalue weighted by Gasteiger charge is -2.44. The highest BCUT2D eigenvalue weighted by molar-refractivity contribution is 5.96. The first-order valence-electron chi connectivity index (χ1n) is 7.93. The van der Waals surface area contributed by atoms with Crippen molar-refractivity contribution in [2.45, 2.75) is 44.6 Å². The van der Waals surface area contributed by atoms with E-state index in [0.29, 0.717) is 17.5 Å². The standard InChI is InChI=1S/C16H21N3O3/c17-13-8-7-12(10-15(13)19(21)22)16(20)18-9-3-5-11-4-1-2-6-14(11)18/h7-8,10-11,14H,1-6,9,17H2/t11-,14+/m0/s1. The second kappa shape index (κ2) is 5.94. The number of carbonyl (C=O) groups is 1. The number of nitrogen functional groups attached to an aromatic ring is 1. The molecule has 1 aromatic carbocycles. The van der Waals surface area contributed by atoms with Gasteiger partial charge in [-0.25, -0.2) is 0 Å². The minimum absolute atomic E-state index is 0.0933. The molecule has 1 amide bonds. The van der Waals surface area contributed by atoms with Gasteiger partial charge in [0.15, 0.2) is 0 Å². The summed E-state index contributed by atoms with van der Waals surface area (Å²) in [5.74, 6) is 0.495. The Labute approximate surface area is 129 Å². The highest BCUT2D eigenvalue weighted by Crippen LogP contribution is 2.36. The van der Waals surface area contributed by atoms with Crippen LogP contribution in [0.15, 0.2) is 18.2 Å². The fourth-order valence-corrected chi connectivity index (χ4v) is 3.88. The molecule has 6 nitrogen and oxygen atoms in total. The van der Waals surface area contributed by atoms with Gasteiger partial charge < -0.3 is 10.6 Å². The lowest BCUT2D eigenvalue weighted by Crippen LogP contribution is -2.49. The van der Waals surface area contributed by atoms with Crippen molar-refractivity contribution in [1.29, 1.82) is 0 Å². The molecule has 2 aliphatic rings. The zero-order chi connectivity index (χ0) is 15.7. The molecule has 0 spiro atoms. The number of rotatable bonds is 2. The topological polar surface area (TPSA) is 89.5 Å². The van der Waals surface area contributed by atoms with Gasteiger partial charge in [0.25, 0.3) is 11.6 Å². The van der Waals surface area contributed by atoms with E-state index in [4.69, 9.17) is 5.73 Å². The average molecular weight is 303 g/mol. The van der Waals surface area contributed by atoms with Crippen molar-refractivity contribution in [2.24, 2.45) is 5.92 Å². The van der Waals surface area contributed by atoms with E-state index in [1.54, 1.807) is 6.07 Å². The quantitative estimate of drug-likeness (QED) is 0.516. The van der Waals surface area contributed by atoms with E-state index in [1.807, 2.05) is 4.90 Å². The van der Waals surface area contributed by atoms with Crippen molar-refractivity contribution >= 4 is 17.3 Å². The molecule has 0 bridgehead atoms. The monoisotopic (exact) mass is 303 g/mol. The molecule has 3 rings (SSSR count). The second-order valence-electron chi connectivity index (χ2n) is 6.28. The van der Waals surface area contributed by atoms with Crippen LogP contribution >= 0.6 is 0 Å². The van der Waals surface area contributed by atoms with Crippen LogP contribution in [-0.2, 0) is 0 Å². The summed E-state index contributed by atoms with van der Waals surface area (Å²) in [5, 5.41) is 11.0. The van der Waals surface area contributed by atoms with Crippen LogP contribution < -0.4 is 5.73 Å². The van der Waals surface area contributed by atoms with Gasteiger partial charge in [0.05, 0.1) is 4.92 Å². The number of nitro benzene ring substituents is 1. The number of carbonyl (C=O) groups excluding carboxylic acids is 1. The van der Waals surface area contributed by atoms with Crippen molar-refractivity contribution in [2.75, 3.05) is 12.3 Å². The van der Waals surface area contributed by atoms with Crippen molar-refractivity contribution in [3.63, 3.8) is 0 Å². The van der Waals surface area contributed by atoms with E-state index in [9.17, 15) is 14.9 Å². The molecule has 0 unspecified atom stereocenters. The number of hydrogen-bond acceptors (Lipinski definition) is 4. The predicted octanol–water partition coefficient (Wildman–Crippen LogP) is 2.97. The van der Waals surface area contributed by atoms with Gasteiger partial charge in [0.2, 0.25) is 0 Å². The molecule has 2 fully saturated rings. The lowest BCUT2D eigenvalue weighted by atomic mass is 9.78. The predicted molar refractivity (Wildman–Crippen MR) is 83.5 cm³/mol. The molecule has 22 heavy (non-hydrogen) atoms. The van der Waals surface area contributed by atoms with E-state index in [1.165, 1.54) is 31.4 Å². The van der Waals surface area contributed by atoms with E-state index >= 15 is 0 Å². The fraction of sp³-hybridized carbons (Fsp3) is 0.562. The molecule has 0 aromatic heterocycles. The summed E-state index contributed by atoms with van der Waals surface area (Å²) in [6.45, 7) is 0.748. The lowest BCUT2D eigenvalue weighted by molar-refractivity contribution is -0.383. The maximum absolute atomic E-state index is 12.8. The van der Waals surface area contributed by atoms with E-state index in [2.05, 4.69) is 0 Å². The summed E-state index contributed by atoms with van der Waals surface area (Å²) in [5.41, 5.74) is 5.88. The number of likely N-dealkylation sites (tertiary alicyclic amines) is 1. The smallest absolute Gasteiger partial charge is 0.292 e. The van der Waals surface area contributed by atoms with Gasteiger partial charge in [-0.05, 0) is 43.7 Å². The van der Waals surface area contributed by atoms with Crippen LogP contribution in [0.3, 0.4) is 0 Å². The molecule has 6 heteroatoms. The third-order valence-corrected chi connectivity index (χ3v) is 4.98. The largest absolute Gasteiger partial charge is 0.393 e. The average Bonchev–Trinajstić information content (AvgIpc) is 2.54. The molecule has 1 aliphatic carbocycles. The number of hydrogen-bond donors (Lipinski definition) is 1. The van der Waals surface area contributed by atoms with Crippen LogP contribution in [0.1, 0.15) is 48.9 Å². The summed E-state index contributed by atoms with van der Waals surface area (Å²) < 4.78 is 0. The number of nitro groups is 1. The molecular weight excluding hydrogens is 282 g/mol. The van der Waals surface area contributed by atoms with E-state index in [-0.39, 0.29) is 17.3 Å². The number of amides is 1. The van der Waals surface area contributed by atoms with Gasteiger partial charge in [0.1, 0.15) is 5.69 Å². The van der Waals surface area contributed by atoms with E-state index in [0.717, 1.165) is 25.8 Å². The number of fused-ring (bicyclic) bond motifs is 1. The number of anilines is 1. The summed E-state index contributed by atoms with van der Waals surface area (Å²) >= 11 is 0. The number of nitrogens with zero attached hydrogens (tertiary/aromatic N) is 2. The van der Waals surface area contributed by atoms with Crippen molar-refractivity contribution < 1.29 is 9.72 Å². The molecule has 1 heterocycles. The van der Waals surface area contributed by atoms with Crippen LogP contribution in [0.2, 0.25) is 0 Å².